The number of hydrogen-bond donors (Lipinski definition) is 0. The Morgan fingerprint density at radius 2 is 1.91 bits per heavy atom. The van der Waals surface area contributed by atoms with Crippen LogP contribution < -0.4 is 0 Å². The maximum absolute atomic E-state index is 12.4. The number of aromatic nitrogens is 1. The van der Waals surface area contributed by atoms with Gasteiger partial charge < -0.3 is 9.80 Å². The number of hydrogen-bond acceptors (Lipinski definition) is 5. The molecular formula is C16H24N4O2S. The second-order valence-electron chi connectivity index (χ2n) is 6.51. The second-order valence-corrected chi connectivity index (χ2v) is 7.57. The van der Waals surface area contributed by atoms with Crippen LogP contribution in [0.3, 0.4) is 0 Å². The van der Waals surface area contributed by atoms with Gasteiger partial charge in [0.2, 0.25) is 11.8 Å². The van der Waals surface area contributed by atoms with Gasteiger partial charge in [-0.3, -0.25) is 14.5 Å². The molecule has 2 fully saturated rings. The molecule has 6 nitrogen and oxygen atoms in total. The molecule has 0 radical (unpaired) electrons. The minimum absolute atomic E-state index is 0.137. The van der Waals surface area contributed by atoms with Gasteiger partial charge in [-0.15, -0.1) is 11.3 Å². The van der Waals surface area contributed by atoms with Crippen molar-refractivity contribution in [2.24, 2.45) is 5.92 Å². The van der Waals surface area contributed by atoms with Crippen LogP contribution in [0.2, 0.25) is 0 Å². The van der Waals surface area contributed by atoms with Crippen molar-refractivity contribution in [2.75, 3.05) is 39.8 Å². The van der Waals surface area contributed by atoms with Gasteiger partial charge in [0.1, 0.15) is 0 Å². The average Bonchev–Trinajstić information content (AvgIpc) is 3.30. The number of amides is 2. The summed E-state index contributed by atoms with van der Waals surface area (Å²) in [6.45, 7) is 5.74. The highest BCUT2D eigenvalue weighted by atomic mass is 32.1. The van der Waals surface area contributed by atoms with Gasteiger partial charge in [-0.1, -0.05) is 0 Å². The van der Waals surface area contributed by atoms with Crippen LogP contribution in [-0.2, 0) is 16.1 Å². The fourth-order valence-electron chi connectivity index (χ4n) is 2.91. The number of carbonyl (C=O) groups is 2. The molecule has 2 aliphatic rings. The largest absolute Gasteiger partial charge is 0.339 e. The van der Waals surface area contributed by atoms with Gasteiger partial charge in [0.25, 0.3) is 0 Å². The molecule has 0 N–H and O–H groups in total. The van der Waals surface area contributed by atoms with E-state index in [9.17, 15) is 9.59 Å². The van der Waals surface area contributed by atoms with Crippen LogP contribution in [0.5, 0.6) is 0 Å². The molecule has 1 aromatic rings. The molecular weight excluding hydrogens is 312 g/mol. The van der Waals surface area contributed by atoms with E-state index in [-0.39, 0.29) is 17.7 Å². The summed E-state index contributed by atoms with van der Waals surface area (Å²) >= 11 is 1.63. The first-order valence-corrected chi connectivity index (χ1v) is 9.07. The summed E-state index contributed by atoms with van der Waals surface area (Å²) in [4.78, 5) is 34.6. The Labute approximate surface area is 141 Å². The van der Waals surface area contributed by atoms with Crippen molar-refractivity contribution in [1.29, 1.82) is 0 Å². The van der Waals surface area contributed by atoms with Crippen molar-refractivity contribution < 1.29 is 9.59 Å². The first kappa shape index (κ1) is 16.4. The van der Waals surface area contributed by atoms with E-state index < -0.39 is 0 Å². The third-order valence-corrected chi connectivity index (χ3v) is 5.20. The molecule has 3 rings (SSSR count). The number of thiazole rings is 1. The molecule has 1 saturated carbocycles. The lowest BCUT2D eigenvalue weighted by Gasteiger charge is -2.35. The summed E-state index contributed by atoms with van der Waals surface area (Å²) in [5.41, 5.74) is 1.02. The first-order chi connectivity index (χ1) is 11.0. The maximum Gasteiger partial charge on any atom is 0.236 e. The van der Waals surface area contributed by atoms with Crippen LogP contribution in [0.4, 0.5) is 0 Å². The molecule has 0 aromatic carbocycles. The lowest BCUT2D eigenvalue weighted by atomic mass is 10.2. The molecule has 0 atom stereocenters. The van der Waals surface area contributed by atoms with Crippen LogP contribution in [0, 0.1) is 12.8 Å². The number of likely N-dealkylation sites (N-methyl/N-ethyl adjacent to an activating group) is 1. The average molecular weight is 336 g/mol. The SMILES string of the molecule is Cc1nc(CN(C)CC(=O)N2CCN(C(=O)C3CC3)CC2)cs1. The molecule has 1 aliphatic heterocycles. The second kappa shape index (κ2) is 6.97. The summed E-state index contributed by atoms with van der Waals surface area (Å²) in [7, 11) is 1.94. The summed E-state index contributed by atoms with van der Waals surface area (Å²) < 4.78 is 0. The molecule has 2 heterocycles. The summed E-state index contributed by atoms with van der Waals surface area (Å²) in [5.74, 6) is 0.691. The van der Waals surface area contributed by atoms with Gasteiger partial charge in [-0.25, -0.2) is 4.98 Å². The Morgan fingerprint density at radius 3 is 2.48 bits per heavy atom. The zero-order valence-electron chi connectivity index (χ0n) is 13.8. The Bertz CT molecular complexity index is 576. The van der Waals surface area contributed by atoms with Crippen molar-refractivity contribution >= 4 is 23.2 Å². The Hall–Kier alpha value is -1.47. The Balaban J connectivity index is 1.42. The molecule has 23 heavy (non-hydrogen) atoms. The number of rotatable bonds is 5. The van der Waals surface area contributed by atoms with Gasteiger partial charge in [-0.2, -0.15) is 0 Å². The molecule has 0 bridgehead atoms. The van der Waals surface area contributed by atoms with E-state index in [1.807, 2.05) is 34.1 Å². The molecule has 1 aromatic heterocycles. The molecule has 2 amide bonds. The monoisotopic (exact) mass is 336 g/mol. The van der Waals surface area contributed by atoms with Gasteiger partial charge in [-0.05, 0) is 26.8 Å². The zero-order chi connectivity index (χ0) is 16.4. The molecule has 0 unspecified atom stereocenters. The third-order valence-electron chi connectivity index (χ3n) is 4.37. The normalized spacial score (nSPS) is 18.6. The van der Waals surface area contributed by atoms with Crippen molar-refractivity contribution in [2.45, 2.75) is 26.3 Å². The molecule has 7 heteroatoms. The topological polar surface area (TPSA) is 56.8 Å². The zero-order valence-corrected chi connectivity index (χ0v) is 14.6. The van der Waals surface area contributed by atoms with Crippen LogP contribution in [0.1, 0.15) is 23.5 Å². The fraction of sp³-hybridized carbons (Fsp3) is 0.688. The van der Waals surface area contributed by atoms with Crippen molar-refractivity contribution in [3.63, 3.8) is 0 Å². The van der Waals surface area contributed by atoms with Gasteiger partial charge in [0, 0.05) is 44.0 Å². The van der Waals surface area contributed by atoms with E-state index in [0.29, 0.717) is 39.3 Å². The van der Waals surface area contributed by atoms with E-state index in [2.05, 4.69) is 4.98 Å². The lowest BCUT2D eigenvalue weighted by molar-refractivity contribution is -0.140. The summed E-state index contributed by atoms with van der Waals surface area (Å²) in [6, 6.07) is 0. The van der Waals surface area contributed by atoms with E-state index in [1.54, 1.807) is 11.3 Å². The minimum Gasteiger partial charge on any atom is -0.339 e. The first-order valence-electron chi connectivity index (χ1n) is 8.19. The highest BCUT2D eigenvalue weighted by Crippen LogP contribution is 2.31. The summed E-state index contributed by atoms with van der Waals surface area (Å²) in [6.07, 6.45) is 2.08. The number of aryl methyl sites for hydroxylation is 1. The highest BCUT2D eigenvalue weighted by Gasteiger charge is 2.35. The predicted molar refractivity (Wildman–Crippen MR) is 89.1 cm³/mol. The molecule has 0 spiro atoms. The van der Waals surface area contributed by atoms with Crippen LogP contribution in [0.25, 0.3) is 0 Å². The number of nitrogens with zero attached hydrogens (tertiary/aromatic N) is 4. The standard InChI is InChI=1S/C16H24N4O2S/c1-12-17-14(11-23-12)9-18(2)10-15(21)19-5-7-20(8-6-19)16(22)13-3-4-13/h11,13H,3-10H2,1-2H3. The number of piperazine rings is 1. The quantitative estimate of drug-likeness (QED) is 0.804. The molecule has 1 saturated heterocycles. The third kappa shape index (κ3) is 4.29. The fourth-order valence-corrected chi connectivity index (χ4v) is 3.51. The van der Waals surface area contributed by atoms with Gasteiger partial charge in [0.15, 0.2) is 0 Å². The van der Waals surface area contributed by atoms with E-state index in [4.69, 9.17) is 0 Å². The lowest BCUT2D eigenvalue weighted by Crippen LogP contribution is -2.52. The van der Waals surface area contributed by atoms with Gasteiger partial charge >= 0.3 is 0 Å². The van der Waals surface area contributed by atoms with Crippen LogP contribution in [-0.4, -0.2) is 71.3 Å². The predicted octanol–water partition coefficient (Wildman–Crippen LogP) is 0.964. The van der Waals surface area contributed by atoms with Crippen LogP contribution in [0.15, 0.2) is 5.38 Å². The van der Waals surface area contributed by atoms with Crippen LogP contribution >= 0.6 is 11.3 Å². The van der Waals surface area contributed by atoms with Gasteiger partial charge in [0.05, 0.1) is 17.2 Å². The van der Waals surface area contributed by atoms with Crippen molar-refractivity contribution in [3.8, 4) is 0 Å². The maximum atomic E-state index is 12.4. The highest BCUT2D eigenvalue weighted by molar-refractivity contribution is 7.09. The van der Waals surface area contributed by atoms with E-state index in [0.717, 1.165) is 23.5 Å². The van der Waals surface area contributed by atoms with E-state index in [1.165, 1.54) is 0 Å². The van der Waals surface area contributed by atoms with E-state index >= 15 is 0 Å². The van der Waals surface area contributed by atoms with Crippen molar-refractivity contribution in [1.82, 2.24) is 19.7 Å². The summed E-state index contributed by atoms with van der Waals surface area (Å²) in [5, 5.41) is 3.09. The van der Waals surface area contributed by atoms with Crippen molar-refractivity contribution in [3.05, 3.63) is 16.1 Å². The number of carbonyl (C=O) groups excluding carboxylic acids is 2. The smallest absolute Gasteiger partial charge is 0.236 e. The Kier molecular flexibility index (Phi) is 4.96. The minimum atomic E-state index is 0.137. The Morgan fingerprint density at radius 1 is 1.26 bits per heavy atom. The molecule has 1 aliphatic carbocycles. The molecule has 126 valence electrons.